The first kappa shape index (κ1) is 23.3. The van der Waals surface area contributed by atoms with Crippen molar-refractivity contribution in [3.8, 4) is 0 Å². The van der Waals surface area contributed by atoms with Crippen molar-refractivity contribution in [2.24, 2.45) is 0 Å². The molecule has 0 bridgehead atoms. The topological polar surface area (TPSA) is 67.6 Å². The van der Waals surface area contributed by atoms with Crippen molar-refractivity contribution in [2.45, 2.75) is 18.8 Å². The Morgan fingerprint density at radius 3 is 2.23 bits per heavy atom. The fourth-order valence-electron chi connectivity index (χ4n) is 2.17. The van der Waals surface area contributed by atoms with Gasteiger partial charge in [-0.3, -0.25) is 9.59 Å². The van der Waals surface area contributed by atoms with Gasteiger partial charge in [0.2, 0.25) is 11.9 Å². The molecule has 6 nitrogen and oxygen atoms in total. The number of halogens is 6. The summed E-state index contributed by atoms with van der Waals surface area (Å²) in [4.78, 5) is 39.2. The SMILES string of the molecule is CN(CCc1cccc[n+]1OC(=O)C(F)(F)F)C(=O)c1ccc(C(=O)C(F)(F)F)s1. The number of alkyl halides is 6. The molecular weight excluding hydrogens is 442 g/mol. The Kier molecular flexibility index (Phi) is 6.85. The summed E-state index contributed by atoms with van der Waals surface area (Å²) in [5.41, 5.74) is 0.133. The third-order valence-electron chi connectivity index (χ3n) is 3.67. The van der Waals surface area contributed by atoms with Gasteiger partial charge in [0.1, 0.15) is 0 Å². The van der Waals surface area contributed by atoms with E-state index in [-0.39, 0.29) is 23.5 Å². The molecular formula is C17H13F6N2O4S+. The van der Waals surface area contributed by atoms with E-state index in [2.05, 4.69) is 4.84 Å². The number of pyridine rings is 1. The van der Waals surface area contributed by atoms with Gasteiger partial charge in [-0.1, -0.05) is 0 Å². The lowest BCUT2D eigenvalue weighted by molar-refractivity contribution is -0.876. The van der Waals surface area contributed by atoms with Crippen molar-refractivity contribution in [1.82, 2.24) is 4.90 Å². The number of Topliss-reactive ketones (excluding diaryl/α,β-unsaturated/α-hetero) is 1. The molecule has 0 saturated carbocycles. The zero-order chi connectivity index (χ0) is 22.7. The van der Waals surface area contributed by atoms with Crippen molar-refractivity contribution in [1.29, 1.82) is 0 Å². The standard InChI is InChI=1S/C17H13F6N2O4S/c1-24(14(27)12-6-5-11(30-12)13(26)16(18,19)20)9-7-10-4-2-3-8-25(10)29-15(28)17(21,22)23/h2-6,8H,7,9H2,1H3/q+1. The van der Waals surface area contributed by atoms with E-state index in [1.54, 1.807) is 0 Å². The van der Waals surface area contributed by atoms with Crippen molar-refractivity contribution >= 4 is 29.0 Å². The summed E-state index contributed by atoms with van der Waals surface area (Å²) in [6.45, 7) is -0.0626. The molecule has 0 aliphatic heterocycles. The number of ketones is 1. The van der Waals surface area contributed by atoms with E-state index >= 15 is 0 Å². The van der Waals surface area contributed by atoms with E-state index in [0.29, 0.717) is 16.1 Å². The molecule has 162 valence electrons. The zero-order valence-electron chi connectivity index (χ0n) is 15.1. The lowest BCUT2D eigenvalue weighted by atomic mass is 10.2. The number of carbonyl (C=O) groups excluding carboxylic acids is 3. The molecule has 2 aromatic rings. The normalized spacial score (nSPS) is 11.8. The van der Waals surface area contributed by atoms with Gasteiger partial charge in [-0.05, 0) is 18.2 Å². The van der Waals surface area contributed by atoms with Crippen molar-refractivity contribution in [2.75, 3.05) is 13.6 Å². The van der Waals surface area contributed by atoms with E-state index in [4.69, 9.17) is 0 Å². The average Bonchev–Trinajstić information content (AvgIpc) is 3.14. The minimum absolute atomic E-state index is 0.0338. The van der Waals surface area contributed by atoms with Gasteiger partial charge in [0.05, 0.1) is 16.2 Å². The number of aromatic nitrogens is 1. The van der Waals surface area contributed by atoms with E-state index in [1.807, 2.05) is 0 Å². The van der Waals surface area contributed by atoms with Crippen LogP contribution in [-0.4, -0.2) is 48.5 Å². The largest absolute Gasteiger partial charge is 0.498 e. The lowest BCUT2D eigenvalue weighted by Gasteiger charge is -2.15. The maximum absolute atomic E-state index is 12.5. The van der Waals surface area contributed by atoms with Crippen LogP contribution < -0.4 is 9.57 Å². The number of hydrogen-bond donors (Lipinski definition) is 0. The summed E-state index contributed by atoms with van der Waals surface area (Å²) in [5.74, 6) is -5.17. The molecule has 13 heteroatoms. The molecule has 0 fully saturated rings. The molecule has 0 N–H and O–H groups in total. The summed E-state index contributed by atoms with van der Waals surface area (Å²) in [6.07, 6.45) is -9.22. The predicted molar refractivity (Wildman–Crippen MR) is 89.6 cm³/mol. The number of carbonyl (C=O) groups is 3. The third-order valence-corrected chi connectivity index (χ3v) is 4.74. The van der Waals surface area contributed by atoms with Crippen LogP contribution in [0.25, 0.3) is 0 Å². The van der Waals surface area contributed by atoms with Crippen LogP contribution in [0.5, 0.6) is 0 Å². The molecule has 0 atom stereocenters. The van der Waals surface area contributed by atoms with E-state index in [9.17, 15) is 40.7 Å². The first-order valence-electron chi connectivity index (χ1n) is 8.06. The number of thiophene rings is 1. The van der Waals surface area contributed by atoms with Gasteiger partial charge in [0.25, 0.3) is 11.7 Å². The number of rotatable bonds is 6. The molecule has 2 heterocycles. The van der Waals surface area contributed by atoms with Crippen LogP contribution in [0.1, 0.15) is 25.0 Å². The van der Waals surface area contributed by atoms with Crippen LogP contribution in [0, 0.1) is 0 Å². The number of amides is 1. The predicted octanol–water partition coefficient (Wildman–Crippen LogP) is 2.61. The highest BCUT2D eigenvalue weighted by atomic mass is 32.1. The molecule has 0 saturated heterocycles. The first-order valence-corrected chi connectivity index (χ1v) is 8.88. The van der Waals surface area contributed by atoms with Gasteiger partial charge in [0.15, 0.2) is 0 Å². The van der Waals surface area contributed by atoms with Gasteiger partial charge in [-0.15, -0.1) is 11.3 Å². The van der Waals surface area contributed by atoms with Gasteiger partial charge in [-0.25, -0.2) is 4.79 Å². The molecule has 0 aliphatic carbocycles. The summed E-state index contributed by atoms with van der Waals surface area (Å²) in [5, 5.41) is 0. The lowest BCUT2D eigenvalue weighted by Crippen LogP contribution is -2.53. The van der Waals surface area contributed by atoms with Crippen LogP contribution in [0.2, 0.25) is 0 Å². The Morgan fingerprint density at radius 2 is 1.63 bits per heavy atom. The molecule has 0 aliphatic rings. The van der Waals surface area contributed by atoms with Gasteiger partial charge in [-0.2, -0.15) is 31.2 Å². The van der Waals surface area contributed by atoms with Crippen LogP contribution in [0.3, 0.4) is 0 Å². The van der Waals surface area contributed by atoms with Gasteiger partial charge < -0.3 is 4.90 Å². The maximum atomic E-state index is 12.5. The van der Waals surface area contributed by atoms with Crippen LogP contribution >= 0.6 is 11.3 Å². The highest BCUT2D eigenvalue weighted by molar-refractivity contribution is 7.16. The Labute approximate surface area is 169 Å². The summed E-state index contributed by atoms with van der Waals surface area (Å²) < 4.78 is 75.1. The summed E-state index contributed by atoms with van der Waals surface area (Å²) in [6, 6.07) is 6.14. The quantitative estimate of drug-likeness (QED) is 0.382. The fourth-order valence-corrected chi connectivity index (χ4v) is 3.13. The van der Waals surface area contributed by atoms with E-state index in [1.165, 1.54) is 25.2 Å². The van der Waals surface area contributed by atoms with E-state index in [0.717, 1.165) is 23.2 Å². The minimum Gasteiger partial charge on any atom is -0.340 e. The smallest absolute Gasteiger partial charge is 0.340 e. The average molecular weight is 455 g/mol. The van der Waals surface area contributed by atoms with Gasteiger partial charge >= 0.3 is 18.3 Å². The van der Waals surface area contributed by atoms with Crippen LogP contribution in [0.4, 0.5) is 26.3 Å². The maximum Gasteiger partial charge on any atom is 0.498 e. The molecule has 2 rings (SSSR count). The summed E-state index contributed by atoms with van der Waals surface area (Å²) in [7, 11) is 1.32. The third kappa shape index (κ3) is 5.78. The molecule has 2 aromatic heterocycles. The highest BCUT2D eigenvalue weighted by Gasteiger charge is 2.45. The Hall–Kier alpha value is -2.96. The van der Waals surface area contributed by atoms with Crippen molar-refractivity contribution in [3.05, 3.63) is 52.0 Å². The Balaban J connectivity index is 2.05. The second kappa shape index (κ2) is 8.81. The number of likely N-dealkylation sites (N-methyl/N-ethyl adjacent to an activating group) is 1. The number of nitrogens with zero attached hydrogens (tertiary/aromatic N) is 2. The zero-order valence-corrected chi connectivity index (χ0v) is 15.9. The molecule has 0 aromatic carbocycles. The minimum atomic E-state index is -5.20. The Bertz CT molecular complexity index is 954. The van der Waals surface area contributed by atoms with Crippen LogP contribution in [-0.2, 0) is 11.2 Å². The monoisotopic (exact) mass is 455 g/mol. The molecule has 0 radical (unpaired) electrons. The first-order chi connectivity index (χ1) is 13.8. The molecule has 0 spiro atoms. The fraction of sp³-hybridized carbons (Fsp3) is 0.294. The van der Waals surface area contributed by atoms with Crippen molar-refractivity contribution < 1.29 is 50.3 Å². The molecule has 0 unspecified atom stereocenters. The van der Waals surface area contributed by atoms with E-state index < -0.39 is 34.9 Å². The summed E-state index contributed by atoms with van der Waals surface area (Å²) >= 11 is 0.380. The van der Waals surface area contributed by atoms with Crippen LogP contribution in [0.15, 0.2) is 36.5 Å². The number of hydrogen-bond acceptors (Lipinski definition) is 5. The molecule has 1 amide bonds. The Morgan fingerprint density at radius 1 is 1.00 bits per heavy atom. The second-order valence-electron chi connectivity index (χ2n) is 5.86. The van der Waals surface area contributed by atoms with Gasteiger partial charge in [0, 0.05) is 30.5 Å². The molecule has 30 heavy (non-hydrogen) atoms. The highest BCUT2D eigenvalue weighted by Crippen LogP contribution is 2.27. The van der Waals surface area contributed by atoms with Crippen molar-refractivity contribution in [3.63, 3.8) is 0 Å². The second-order valence-corrected chi connectivity index (χ2v) is 6.95.